The number of carboxylic acids is 3. The molecule has 0 aromatic rings. The SMILES string of the molecule is CC(C)(C)C(=O)CN1CCN(CCN(CC(=O)O)CC(=O)O)CCN(CC(=O)O)CC1. The van der Waals surface area contributed by atoms with Gasteiger partial charge in [0.05, 0.1) is 26.2 Å². The van der Waals surface area contributed by atoms with Crippen LogP contribution in [0.5, 0.6) is 0 Å². The maximum atomic E-state index is 12.5. The number of aliphatic carboxylic acids is 3. The highest BCUT2D eigenvalue weighted by Gasteiger charge is 2.25. The zero-order chi connectivity index (χ0) is 23.6. The van der Waals surface area contributed by atoms with Gasteiger partial charge in [0.25, 0.3) is 0 Å². The Bertz CT molecular complexity index is 620. The third kappa shape index (κ3) is 11.8. The number of carbonyl (C=O) groups is 4. The van der Waals surface area contributed by atoms with Gasteiger partial charge in [-0.1, -0.05) is 20.8 Å². The lowest BCUT2D eigenvalue weighted by Crippen LogP contribution is -2.44. The summed E-state index contributed by atoms with van der Waals surface area (Å²) in [6, 6.07) is 0. The molecule has 1 rings (SSSR count). The molecular weight excluding hydrogens is 408 g/mol. The molecule has 1 aliphatic rings. The molecule has 0 spiro atoms. The first-order valence-electron chi connectivity index (χ1n) is 10.4. The van der Waals surface area contributed by atoms with Crippen LogP contribution in [0.15, 0.2) is 0 Å². The Morgan fingerprint density at radius 1 is 0.710 bits per heavy atom. The molecule has 1 fully saturated rings. The summed E-state index contributed by atoms with van der Waals surface area (Å²) in [4.78, 5) is 53.0. The van der Waals surface area contributed by atoms with Crippen molar-refractivity contribution in [1.82, 2.24) is 19.6 Å². The average molecular weight is 445 g/mol. The molecule has 0 saturated carbocycles. The smallest absolute Gasteiger partial charge is 0.317 e. The zero-order valence-electron chi connectivity index (χ0n) is 18.7. The number of rotatable bonds is 11. The average Bonchev–Trinajstić information content (AvgIpc) is 2.69. The number of Topliss-reactive ketones (excluding diaryl/α,β-unsaturated/α-hetero) is 1. The van der Waals surface area contributed by atoms with Crippen molar-refractivity contribution in [1.29, 1.82) is 0 Å². The molecule has 178 valence electrons. The van der Waals surface area contributed by atoms with Crippen LogP contribution in [0.25, 0.3) is 0 Å². The maximum absolute atomic E-state index is 12.5. The van der Waals surface area contributed by atoms with E-state index in [2.05, 4.69) is 4.90 Å². The van der Waals surface area contributed by atoms with Crippen LogP contribution in [0, 0.1) is 5.41 Å². The van der Waals surface area contributed by atoms with E-state index in [0.717, 1.165) is 0 Å². The minimum absolute atomic E-state index is 0.0982. The molecule has 1 saturated heterocycles. The molecule has 1 heterocycles. The Kier molecular flexibility index (Phi) is 11.0. The van der Waals surface area contributed by atoms with Gasteiger partial charge in [0, 0.05) is 57.8 Å². The topological polar surface area (TPSA) is 142 Å². The summed E-state index contributed by atoms with van der Waals surface area (Å²) in [6.45, 7) is 9.20. The van der Waals surface area contributed by atoms with Crippen molar-refractivity contribution in [3.8, 4) is 0 Å². The second-order valence-electron chi connectivity index (χ2n) is 8.96. The number of hydrogen-bond donors (Lipinski definition) is 3. The lowest BCUT2D eigenvalue weighted by molar-refractivity contribution is -0.142. The Hall–Kier alpha value is -2.08. The van der Waals surface area contributed by atoms with E-state index in [1.807, 2.05) is 30.6 Å². The molecule has 11 nitrogen and oxygen atoms in total. The van der Waals surface area contributed by atoms with Crippen LogP contribution in [-0.2, 0) is 19.2 Å². The number of ketones is 1. The van der Waals surface area contributed by atoms with Crippen molar-refractivity contribution in [2.24, 2.45) is 5.41 Å². The fourth-order valence-electron chi connectivity index (χ4n) is 3.23. The highest BCUT2D eigenvalue weighted by molar-refractivity contribution is 5.85. The fourth-order valence-corrected chi connectivity index (χ4v) is 3.23. The summed E-state index contributed by atoms with van der Waals surface area (Å²) in [5.74, 6) is -3.00. The summed E-state index contributed by atoms with van der Waals surface area (Å²) < 4.78 is 0. The van der Waals surface area contributed by atoms with Crippen LogP contribution in [-0.4, -0.2) is 137 Å². The molecule has 0 unspecified atom stereocenters. The minimum atomic E-state index is -1.09. The van der Waals surface area contributed by atoms with E-state index in [9.17, 15) is 24.3 Å². The van der Waals surface area contributed by atoms with Gasteiger partial charge in [-0.3, -0.25) is 38.8 Å². The second kappa shape index (κ2) is 12.7. The van der Waals surface area contributed by atoms with Crippen molar-refractivity contribution in [2.75, 3.05) is 78.5 Å². The number of carboxylic acid groups (broad SMARTS) is 3. The molecule has 0 radical (unpaired) electrons. The molecule has 0 amide bonds. The van der Waals surface area contributed by atoms with Gasteiger partial charge in [-0.05, 0) is 0 Å². The van der Waals surface area contributed by atoms with Gasteiger partial charge in [0.15, 0.2) is 5.78 Å². The van der Waals surface area contributed by atoms with Gasteiger partial charge in [-0.15, -0.1) is 0 Å². The van der Waals surface area contributed by atoms with E-state index in [-0.39, 0.29) is 38.5 Å². The van der Waals surface area contributed by atoms with Crippen molar-refractivity contribution in [3.05, 3.63) is 0 Å². The van der Waals surface area contributed by atoms with E-state index in [0.29, 0.717) is 45.8 Å². The molecule has 0 aromatic carbocycles. The van der Waals surface area contributed by atoms with Crippen molar-refractivity contribution < 1.29 is 34.5 Å². The van der Waals surface area contributed by atoms with Crippen LogP contribution < -0.4 is 0 Å². The molecular formula is C20H36N4O7. The number of hydrogen-bond acceptors (Lipinski definition) is 8. The third-order valence-corrected chi connectivity index (χ3v) is 5.21. The van der Waals surface area contributed by atoms with Crippen LogP contribution in [0.3, 0.4) is 0 Å². The van der Waals surface area contributed by atoms with Crippen molar-refractivity contribution in [3.63, 3.8) is 0 Å². The Morgan fingerprint density at radius 2 is 1.13 bits per heavy atom. The Balaban J connectivity index is 2.82. The largest absolute Gasteiger partial charge is 0.480 e. The third-order valence-electron chi connectivity index (χ3n) is 5.21. The first-order valence-corrected chi connectivity index (χ1v) is 10.4. The quantitative estimate of drug-likeness (QED) is 0.364. The van der Waals surface area contributed by atoms with E-state index in [1.54, 1.807) is 0 Å². The van der Waals surface area contributed by atoms with E-state index in [4.69, 9.17) is 10.2 Å². The highest BCUT2D eigenvalue weighted by Crippen LogP contribution is 2.15. The monoisotopic (exact) mass is 444 g/mol. The lowest BCUT2D eigenvalue weighted by atomic mass is 9.90. The summed E-state index contributed by atoms with van der Waals surface area (Å²) in [7, 11) is 0. The minimum Gasteiger partial charge on any atom is -0.480 e. The molecule has 11 heteroatoms. The van der Waals surface area contributed by atoms with Crippen LogP contribution >= 0.6 is 0 Å². The number of carbonyl (C=O) groups excluding carboxylic acids is 1. The highest BCUT2D eigenvalue weighted by atomic mass is 16.4. The lowest BCUT2D eigenvalue weighted by Gasteiger charge is -2.28. The molecule has 0 aromatic heterocycles. The van der Waals surface area contributed by atoms with Crippen LogP contribution in [0.4, 0.5) is 0 Å². The maximum Gasteiger partial charge on any atom is 0.317 e. The number of nitrogens with zero attached hydrogens (tertiary/aromatic N) is 4. The Morgan fingerprint density at radius 3 is 1.52 bits per heavy atom. The van der Waals surface area contributed by atoms with E-state index < -0.39 is 23.3 Å². The van der Waals surface area contributed by atoms with Gasteiger partial charge in [-0.2, -0.15) is 0 Å². The molecule has 0 aliphatic carbocycles. The molecule has 0 atom stereocenters. The predicted molar refractivity (Wildman–Crippen MR) is 113 cm³/mol. The standard InChI is InChI=1S/C20H36N4O7/c1-20(2,3)16(25)12-22-7-4-21(5-8-23(10-9-22)13-17(26)27)6-11-24(14-18(28)29)15-19(30)31/h4-15H2,1-3H3,(H,26,27)(H,28,29)(H,30,31). The van der Waals surface area contributed by atoms with Gasteiger partial charge < -0.3 is 15.3 Å². The molecule has 3 N–H and O–H groups in total. The van der Waals surface area contributed by atoms with Gasteiger partial charge in [-0.25, -0.2) is 0 Å². The van der Waals surface area contributed by atoms with E-state index in [1.165, 1.54) is 4.90 Å². The zero-order valence-corrected chi connectivity index (χ0v) is 18.7. The predicted octanol–water partition coefficient (Wildman–Crippen LogP) is -0.923. The summed E-state index contributed by atoms with van der Waals surface area (Å²) >= 11 is 0. The summed E-state index contributed by atoms with van der Waals surface area (Å²) in [5, 5.41) is 27.2. The van der Waals surface area contributed by atoms with Crippen molar-refractivity contribution >= 4 is 23.7 Å². The summed E-state index contributed by atoms with van der Waals surface area (Å²) in [5.41, 5.74) is -0.465. The summed E-state index contributed by atoms with van der Waals surface area (Å²) in [6.07, 6.45) is 0. The first-order chi connectivity index (χ1) is 14.4. The Labute approximate surface area is 183 Å². The second-order valence-corrected chi connectivity index (χ2v) is 8.96. The van der Waals surface area contributed by atoms with Crippen LogP contribution in [0.2, 0.25) is 0 Å². The normalized spacial score (nSPS) is 17.7. The van der Waals surface area contributed by atoms with Gasteiger partial charge in [0.2, 0.25) is 0 Å². The molecule has 1 aliphatic heterocycles. The van der Waals surface area contributed by atoms with Gasteiger partial charge >= 0.3 is 17.9 Å². The van der Waals surface area contributed by atoms with Crippen molar-refractivity contribution in [2.45, 2.75) is 20.8 Å². The fraction of sp³-hybridized carbons (Fsp3) is 0.800. The van der Waals surface area contributed by atoms with E-state index >= 15 is 0 Å². The first kappa shape index (κ1) is 27.0. The molecule has 31 heavy (non-hydrogen) atoms. The molecule has 0 bridgehead atoms. The van der Waals surface area contributed by atoms with Gasteiger partial charge in [0.1, 0.15) is 0 Å². The van der Waals surface area contributed by atoms with Crippen LogP contribution in [0.1, 0.15) is 20.8 Å².